The highest BCUT2D eigenvalue weighted by atomic mass is 19.1. The van der Waals surface area contributed by atoms with Crippen molar-refractivity contribution in [1.29, 1.82) is 0 Å². The Kier molecular flexibility index (Phi) is 3.91. The standard InChI is InChI=1S/C19H16FN3O3/c20-15-7-5-13(6-8-15)12-1-3-14(4-2-12)18(25)22-10-16(11-22)23-17(24)9-21-19(23)26/h1-8,16H,9-11H2,(H,21,26). The van der Waals surface area contributed by atoms with Gasteiger partial charge in [-0.3, -0.25) is 14.5 Å². The summed E-state index contributed by atoms with van der Waals surface area (Å²) in [4.78, 5) is 38.6. The fourth-order valence-corrected chi connectivity index (χ4v) is 3.22. The smallest absolute Gasteiger partial charge is 0.324 e. The Morgan fingerprint density at radius 2 is 1.54 bits per heavy atom. The maximum atomic E-state index is 13.0. The largest absolute Gasteiger partial charge is 0.334 e. The Balaban J connectivity index is 1.41. The predicted octanol–water partition coefficient (Wildman–Crippen LogP) is 1.87. The fraction of sp³-hybridized carbons (Fsp3) is 0.211. The molecule has 6 nitrogen and oxygen atoms in total. The van der Waals surface area contributed by atoms with Crippen LogP contribution in [0.15, 0.2) is 48.5 Å². The van der Waals surface area contributed by atoms with Crippen molar-refractivity contribution in [3.8, 4) is 11.1 Å². The highest BCUT2D eigenvalue weighted by Gasteiger charge is 2.43. The second-order valence-electron chi connectivity index (χ2n) is 6.37. The maximum absolute atomic E-state index is 13.0. The molecule has 2 aromatic rings. The molecule has 26 heavy (non-hydrogen) atoms. The normalized spacial score (nSPS) is 17.3. The molecule has 0 spiro atoms. The summed E-state index contributed by atoms with van der Waals surface area (Å²) in [5, 5.41) is 2.48. The Morgan fingerprint density at radius 1 is 0.962 bits per heavy atom. The number of imide groups is 1. The molecule has 0 saturated carbocycles. The summed E-state index contributed by atoms with van der Waals surface area (Å²) >= 11 is 0. The van der Waals surface area contributed by atoms with E-state index in [1.165, 1.54) is 17.0 Å². The van der Waals surface area contributed by atoms with E-state index in [-0.39, 0.29) is 30.2 Å². The van der Waals surface area contributed by atoms with Crippen LogP contribution >= 0.6 is 0 Å². The molecule has 2 aliphatic heterocycles. The highest BCUT2D eigenvalue weighted by Crippen LogP contribution is 2.23. The van der Waals surface area contributed by atoms with Gasteiger partial charge in [0.2, 0.25) is 5.91 Å². The first-order valence-corrected chi connectivity index (χ1v) is 8.28. The van der Waals surface area contributed by atoms with E-state index in [2.05, 4.69) is 5.32 Å². The van der Waals surface area contributed by atoms with Crippen LogP contribution in [-0.4, -0.2) is 53.3 Å². The zero-order valence-electron chi connectivity index (χ0n) is 13.8. The minimum atomic E-state index is -0.393. The summed E-state index contributed by atoms with van der Waals surface area (Å²) < 4.78 is 13.0. The number of carbonyl (C=O) groups is 3. The molecule has 2 aliphatic rings. The lowest BCUT2D eigenvalue weighted by molar-refractivity contribution is -0.128. The molecule has 0 aromatic heterocycles. The quantitative estimate of drug-likeness (QED) is 0.857. The molecule has 0 unspecified atom stereocenters. The van der Waals surface area contributed by atoms with Crippen molar-refractivity contribution < 1.29 is 18.8 Å². The van der Waals surface area contributed by atoms with Gasteiger partial charge in [0.1, 0.15) is 5.82 Å². The van der Waals surface area contributed by atoms with Crippen molar-refractivity contribution in [2.24, 2.45) is 0 Å². The number of likely N-dealkylation sites (tertiary alicyclic amines) is 1. The second-order valence-corrected chi connectivity index (χ2v) is 6.37. The summed E-state index contributed by atoms with van der Waals surface area (Å²) in [6.45, 7) is 0.712. The predicted molar refractivity (Wildman–Crippen MR) is 91.8 cm³/mol. The van der Waals surface area contributed by atoms with Crippen LogP contribution in [0, 0.1) is 5.82 Å². The number of nitrogens with one attached hydrogen (secondary N) is 1. The zero-order valence-corrected chi connectivity index (χ0v) is 13.8. The number of halogens is 1. The van der Waals surface area contributed by atoms with Crippen molar-refractivity contribution in [3.63, 3.8) is 0 Å². The third-order valence-corrected chi connectivity index (χ3v) is 4.70. The molecule has 0 bridgehead atoms. The van der Waals surface area contributed by atoms with Gasteiger partial charge in [0.15, 0.2) is 0 Å². The zero-order chi connectivity index (χ0) is 18.3. The van der Waals surface area contributed by atoms with Gasteiger partial charge in [-0.1, -0.05) is 24.3 Å². The van der Waals surface area contributed by atoms with E-state index in [0.717, 1.165) is 11.1 Å². The van der Waals surface area contributed by atoms with Gasteiger partial charge in [-0.15, -0.1) is 0 Å². The van der Waals surface area contributed by atoms with Gasteiger partial charge in [-0.25, -0.2) is 9.18 Å². The number of carbonyl (C=O) groups excluding carboxylic acids is 3. The SMILES string of the molecule is O=C(c1ccc(-c2ccc(F)cc2)cc1)N1CC(N2C(=O)CNC2=O)C1. The molecule has 1 N–H and O–H groups in total. The number of urea groups is 1. The minimum Gasteiger partial charge on any atom is -0.334 e. The van der Waals surface area contributed by atoms with Crippen molar-refractivity contribution in [2.45, 2.75) is 6.04 Å². The molecule has 7 heteroatoms. The van der Waals surface area contributed by atoms with Crippen LogP contribution in [0.25, 0.3) is 11.1 Å². The van der Waals surface area contributed by atoms with Gasteiger partial charge >= 0.3 is 6.03 Å². The lowest BCUT2D eigenvalue weighted by Gasteiger charge is -2.42. The monoisotopic (exact) mass is 353 g/mol. The maximum Gasteiger partial charge on any atom is 0.324 e. The number of rotatable bonds is 3. The topological polar surface area (TPSA) is 69.7 Å². The molecular weight excluding hydrogens is 337 g/mol. The van der Waals surface area contributed by atoms with Crippen molar-refractivity contribution in [3.05, 3.63) is 59.9 Å². The van der Waals surface area contributed by atoms with Crippen LogP contribution < -0.4 is 5.32 Å². The first kappa shape index (κ1) is 16.3. The van der Waals surface area contributed by atoms with Crippen molar-refractivity contribution in [1.82, 2.24) is 15.1 Å². The Morgan fingerprint density at radius 3 is 2.08 bits per heavy atom. The highest BCUT2D eigenvalue weighted by molar-refractivity contribution is 6.03. The van der Waals surface area contributed by atoms with Gasteiger partial charge in [0, 0.05) is 18.7 Å². The number of nitrogens with zero attached hydrogens (tertiary/aromatic N) is 2. The van der Waals surface area contributed by atoms with Crippen molar-refractivity contribution >= 4 is 17.8 Å². The van der Waals surface area contributed by atoms with E-state index in [1.54, 1.807) is 29.2 Å². The number of amides is 4. The molecule has 0 aliphatic carbocycles. The summed E-state index contributed by atoms with van der Waals surface area (Å²) in [5.41, 5.74) is 2.29. The molecule has 2 aromatic carbocycles. The van der Waals surface area contributed by atoms with Gasteiger partial charge in [-0.05, 0) is 35.4 Å². The van der Waals surface area contributed by atoms with Crippen LogP contribution in [0.2, 0.25) is 0 Å². The van der Waals surface area contributed by atoms with Crippen LogP contribution in [0.1, 0.15) is 10.4 Å². The van der Waals surface area contributed by atoms with Gasteiger partial charge in [0.25, 0.3) is 5.91 Å². The van der Waals surface area contributed by atoms with Crippen molar-refractivity contribution in [2.75, 3.05) is 19.6 Å². The van der Waals surface area contributed by atoms with Crippen LogP contribution in [0.5, 0.6) is 0 Å². The number of hydrogen-bond acceptors (Lipinski definition) is 3. The molecule has 4 amide bonds. The van der Waals surface area contributed by atoms with Gasteiger partial charge < -0.3 is 10.2 Å². The summed E-state index contributed by atoms with van der Waals surface area (Å²) in [5.74, 6) is -0.687. The first-order valence-electron chi connectivity index (χ1n) is 8.28. The average molecular weight is 353 g/mol. The minimum absolute atomic E-state index is 0.0220. The van der Waals surface area contributed by atoms with Gasteiger partial charge in [0.05, 0.1) is 12.6 Å². The molecule has 2 saturated heterocycles. The van der Waals surface area contributed by atoms with Crippen LogP contribution in [0.4, 0.5) is 9.18 Å². The summed E-state index contributed by atoms with van der Waals surface area (Å²) in [6, 6.07) is 12.6. The van der Waals surface area contributed by atoms with E-state index < -0.39 is 6.03 Å². The summed E-state index contributed by atoms with van der Waals surface area (Å²) in [6.07, 6.45) is 0. The molecule has 0 radical (unpaired) electrons. The van der Waals surface area contributed by atoms with E-state index in [1.807, 2.05) is 12.1 Å². The van der Waals surface area contributed by atoms with Crippen LogP contribution in [0.3, 0.4) is 0 Å². The Hall–Kier alpha value is -3.22. The molecule has 2 fully saturated rings. The van der Waals surface area contributed by atoms with Crippen LogP contribution in [-0.2, 0) is 4.79 Å². The average Bonchev–Trinajstić information content (AvgIpc) is 2.94. The Bertz CT molecular complexity index is 858. The lowest BCUT2D eigenvalue weighted by atomic mass is 10.0. The van der Waals surface area contributed by atoms with Gasteiger partial charge in [-0.2, -0.15) is 0 Å². The number of benzene rings is 2. The lowest BCUT2D eigenvalue weighted by Crippen LogP contribution is -2.62. The molecule has 0 atom stereocenters. The number of hydrogen-bond donors (Lipinski definition) is 1. The molecule has 2 heterocycles. The molecule has 4 rings (SSSR count). The van der Waals surface area contributed by atoms with E-state index >= 15 is 0 Å². The summed E-state index contributed by atoms with van der Waals surface area (Å²) in [7, 11) is 0. The second kappa shape index (κ2) is 6.25. The first-order chi connectivity index (χ1) is 12.5. The Labute approximate surface area is 149 Å². The molecular formula is C19H16FN3O3. The fourth-order valence-electron chi connectivity index (χ4n) is 3.22. The van der Waals surface area contributed by atoms with E-state index in [9.17, 15) is 18.8 Å². The third-order valence-electron chi connectivity index (χ3n) is 4.70. The third kappa shape index (κ3) is 2.81. The molecule has 132 valence electrons. The van der Waals surface area contributed by atoms with E-state index in [0.29, 0.717) is 18.7 Å². The van der Waals surface area contributed by atoms with E-state index in [4.69, 9.17) is 0 Å².